The van der Waals surface area contributed by atoms with Gasteiger partial charge in [-0.2, -0.15) is 0 Å². The van der Waals surface area contributed by atoms with E-state index < -0.39 is 5.60 Å². The maximum Gasteiger partial charge on any atom is 0.103 e. The van der Waals surface area contributed by atoms with Gasteiger partial charge in [0.05, 0.1) is 0 Å². The predicted octanol–water partition coefficient (Wildman–Crippen LogP) is 4.76. The maximum atomic E-state index is 11.2. The largest absolute Gasteiger partial charge is 0.384 e. The molecule has 0 saturated heterocycles. The Labute approximate surface area is 135 Å². The summed E-state index contributed by atoms with van der Waals surface area (Å²) in [5.74, 6) is 0.747. The Morgan fingerprint density at radius 2 is 2.00 bits per heavy atom. The fourth-order valence-corrected chi connectivity index (χ4v) is 3.48. The standard InChI is InChI=1S/C17H20ClNOS/c1-3-13(2)17(20,14-5-4-10-19-11-14)12-21-16-8-6-15(18)7-9-16/h4-11,13,20H,3,12H2,1-2H3. The van der Waals surface area contributed by atoms with Crippen molar-refractivity contribution < 1.29 is 5.11 Å². The van der Waals surface area contributed by atoms with E-state index in [2.05, 4.69) is 18.8 Å². The van der Waals surface area contributed by atoms with Crippen molar-refractivity contribution in [3.63, 3.8) is 0 Å². The molecule has 2 atom stereocenters. The highest BCUT2D eigenvalue weighted by Gasteiger charge is 2.35. The zero-order valence-electron chi connectivity index (χ0n) is 12.3. The normalized spacial score (nSPS) is 15.4. The number of thioether (sulfide) groups is 1. The van der Waals surface area contributed by atoms with Crippen LogP contribution < -0.4 is 0 Å². The third-order valence-electron chi connectivity index (χ3n) is 3.86. The van der Waals surface area contributed by atoms with Crippen LogP contribution in [-0.2, 0) is 5.60 Å². The Balaban J connectivity index is 2.19. The van der Waals surface area contributed by atoms with Crippen molar-refractivity contribution in [2.24, 2.45) is 5.92 Å². The molecule has 0 aliphatic carbocycles. The lowest BCUT2D eigenvalue weighted by atomic mass is 9.83. The first kappa shape index (κ1) is 16.3. The van der Waals surface area contributed by atoms with Crippen LogP contribution in [0.5, 0.6) is 0 Å². The van der Waals surface area contributed by atoms with Gasteiger partial charge in [0.15, 0.2) is 0 Å². The highest BCUT2D eigenvalue weighted by atomic mass is 35.5. The molecule has 0 amide bonds. The molecule has 1 heterocycles. The molecule has 112 valence electrons. The topological polar surface area (TPSA) is 33.1 Å². The molecule has 1 aromatic carbocycles. The van der Waals surface area contributed by atoms with Gasteiger partial charge in [0.25, 0.3) is 0 Å². The second-order valence-corrected chi connectivity index (χ2v) is 6.70. The molecule has 2 aromatic rings. The van der Waals surface area contributed by atoms with Crippen LogP contribution in [0.4, 0.5) is 0 Å². The Morgan fingerprint density at radius 1 is 1.29 bits per heavy atom. The van der Waals surface area contributed by atoms with Gasteiger partial charge in [0.2, 0.25) is 0 Å². The van der Waals surface area contributed by atoms with Crippen LogP contribution in [0.2, 0.25) is 5.02 Å². The molecule has 4 heteroatoms. The van der Waals surface area contributed by atoms with E-state index in [-0.39, 0.29) is 5.92 Å². The third-order valence-corrected chi connectivity index (χ3v) is 5.30. The number of aromatic nitrogens is 1. The van der Waals surface area contributed by atoms with E-state index in [1.807, 2.05) is 36.4 Å². The highest BCUT2D eigenvalue weighted by Crippen LogP contribution is 2.37. The van der Waals surface area contributed by atoms with Crippen LogP contribution in [-0.4, -0.2) is 15.8 Å². The summed E-state index contributed by atoms with van der Waals surface area (Å²) >= 11 is 7.54. The van der Waals surface area contributed by atoms with Gasteiger partial charge in [-0.05, 0) is 36.2 Å². The van der Waals surface area contributed by atoms with Crippen molar-refractivity contribution >= 4 is 23.4 Å². The number of halogens is 1. The zero-order valence-corrected chi connectivity index (χ0v) is 13.9. The van der Waals surface area contributed by atoms with E-state index >= 15 is 0 Å². The molecule has 0 spiro atoms. The number of hydrogen-bond acceptors (Lipinski definition) is 3. The number of rotatable bonds is 6. The van der Waals surface area contributed by atoms with Gasteiger partial charge in [-0.1, -0.05) is 37.9 Å². The molecule has 0 aliphatic rings. The van der Waals surface area contributed by atoms with Crippen LogP contribution in [0.25, 0.3) is 0 Å². The molecule has 1 aromatic heterocycles. The number of benzene rings is 1. The van der Waals surface area contributed by atoms with Gasteiger partial charge in [0.1, 0.15) is 5.60 Å². The van der Waals surface area contributed by atoms with Crippen LogP contribution in [0.3, 0.4) is 0 Å². The highest BCUT2D eigenvalue weighted by molar-refractivity contribution is 7.99. The summed E-state index contributed by atoms with van der Waals surface area (Å²) in [6.45, 7) is 4.17. The molecule has 0 aliphatic heterocycles. The molecule has 0 bridgehead atoms. The van der Waals surface area contributed by atoms with Gasteiger partial charge in [-0.25, -0.2) is 0 Å². The summed E-state index contributed by atoms with van der Waals surface area (Å²) < 4.78 is 0. The lowest BCUT2D eigenvalue weighted by molar-refractivity contribution is 0.00473. The van der Waals surface area contributed by atoms with E-state index in [0.717, 1.165) is 21.9 Å². The first-order chi connectivity index (χ1) is 10.1. The maximum absolute atomic E-state index is 11.2. The molecule has 0 fully saturated rings. The van der Waals surface area contributed by atoms with Gasteiger partial charge in [0, 0.05) is 33.6 Å². The summed E-state index contributed by atoms with van der Waals surface area (Å²) in [7, 11) is 0. The molecule has 0 saturated carbocycles. The second-order valence-electron chi connectivity index (χ2n) is 5.22. The Hall–Kier alpha value is -1.03. The minimum atomic E-state index is -0.882. The lowest BCUT2D eigenvalue weighted by Crippen LogP contribution is -2.36. The summed E-state index contributed by atoms with van der Waals surface area (Å²) in [6, 6.07) is 11.5. The number of pyridine rings is 1. The van der Waals surface area contributed by atoms with Crippen molar-refractivity contribution in [2.75, 3.05) is 5.75 Å². The average Bonchev–Trinajstić information content (AvgIpc) is 2.54. The van der Waals surface area contributed by atoms with Crippen molar-refractivity contribution in [2.45, 2.75) is 30.8 Å². The number of aliphatic hydroxyl groups is 1. The lowest BCUT2D eigenvalue weighted by Gasteiger charge is -2.33. The van der Waals surface area contributed by atoms with Crippen molar-refractivity contribution in [3.8, 4) is 0 Å². The quantitative estimate of drug-likeness (QED) is 0.779. The first-order valence-corrected chi connectivity index (χ1v) is 8.44. The van der Waals surface area contributed by atoms with E-state index in [4.69, 9.17) is 11.6 Å². The predicted molar refractivity (Wildman–Crippen MR) is 89.8 cm³/mol. The molecule has 21 heavy (non-hydrogen) atoms. The van der Waals surface area contributed by atoms with Gasteiger partial charge < -0.3 is 5.11 Å². The van der Waals surface area contributed by atoms with Crippen LogP contribution in [0.1, 0.15) is 25.8 Å². The second kappa shape index (κ2) is 7.30. The summed E-state index contributed by atoms with van der Waals surface area (Å²) in [5, 5.41) is 11.9. The fraction of sp³-hybridized carbons (Fsp3) is 0.353. The summed E-state index contributed by atoms with van der Waals surface area (Å²) in [6.07, 6.45) is 4.40. The number of hydrogen-bond donors (Lipinski definition) is 1. The zero-order chi connectivity index (χ0) is 15.3. The van der Waals surface area contributed by atoms with E-state index in [9.17, 15) is 5.11 Å². The molecule has 2 rings (SSSR count). The van der Waals surface area contributed by atoms with Crippen LogP contribution in [0, 0.1) is 5.92 Å². The van der Waals surface area contributed by atoms with E-state index in [0.29, 0.717) is 5.75 Å². The smallest absolute Gasteiger partial charge is 0.103 e. The Morgan fingerprint density at radius 3 is 2.57 bits per heavy atom. The summed E-state index contributed by atoms with van der Waals surface area (Å²) in [5.41, 5.74) is -0.00588. The molecule has 2 nitrogen and oxygen atoms in total. The van der Waals surface area contributed by atoms with Gasteiger partial charge in [-0.15, -0.1) is 11.8 Å². The molecule has 0 radical (unpaired) electrons. The van der Waals surface area contributed by atoms with Gasteiger partial charge in [-0.3, -0.25) is 4.98 Å². The van der Waals surface area contributed by atoms with E-state index in [1.165, 1.54) is 0 Å². The SMILES string of the molecule is CCC(C)C(O)(CSc1ccc(Cl)cc1)c1cccnc1. The van der Waals surface area contributed by atoms with Gasteiger partial charge >= 0.3 is 0 Å². The number of nitrogens with zero attached hydrogens (tertiary/aromatic N) is 1. The summed E-state index contributed by atoms with van der Waals surface area (Å²) in [4.78, 5) is 5.25. The van der Waals surface area contributed by atoms with Crippen molar-refractivity contribution in [3.05, 3.63) is 59.4 Å². The first-order valence-electron chi connectivity index (χ1n) is 7.07. The monoisotopic (exact) mass is 321 g/mol. The van der Waals surface area contributed by atoms with Crippen molar-refractivity contribution in [1.29, 1.82) is 0 Å². The Bertz CT molecular complexity index is 561. The van der Waals surface area contributed by atoms with Crippen LogP contribution >= 0.6 is 23.4 Å². The Kier molecular flexibility index (Phi) is 5.68. The van der Waals surface area contributed by atoms with Crippen molar-refractivity contribution in [1.82, 2.24) is 4.98 Å². The minimum Gasteiger partial charge on any atom is -0.384 e. The minimum absolute atomic E-state index is 0.154. The van der Waals surface area contributed by atoms with E-state index in [1.54, 1.807) is 24.2 Å². The third kappa shape index (κ3) is 4.00. The molecule has 1 N–H and O–H groups in total. The average molecular weight is 322 g/mol. The fourth-order valence-electron chi connectivity index (χ4n) is 2.19. The molecule has 2 unspecified atom stereocenters. The molecular formula is C17H20ClNOS. The molecular weight excluding hydrogens is 302 g/mol. The van der Waals surface area contributed by atoms with Crippen LogP contribution in [0.15, 0.2) is 53.7 Å².